The predicted molar refractivity (Wildman–Crippen MR) is 163 cm³/mol. The van der Waals surface area contributed by atoms with Crippen molar-refractivity contribution in [3.63, 3.8) is 0 Å². The number of fused-ring (bicyclic) bond motifs is 1. The molecule has 4 rings (SSSR count). The van der Waals surface area contributed by atoms with Crippen molar-refractivity contribution in [3.05, 3.63) is 35.5 Å². The zero-order valence-corrected chi connectivity index (χ0v) is 26.5. The number of hydrogen-bond donors (Lipinski definition) is 2. The van der Waals surface area contributed by atoms with Gasteiger partial charge in [-0.05, 0) is 51.7 Å². The number of nitrogens with one attached hydrogen (secondary N) is 1. The minimum absolute atomic E-state index is 0.0124. The van der Waals surface area contributed by atoms with Crippen LogP contribution in [0.15, 0.2) is 18.2 Å². The smallest absolute Gasteiger partial charge is 0.408 e. The van der Waals surface area contributed by atoms with Crippen molar-refractivity contribution in [1.82, 2.24) is 19.7 Å². The number of ether oxygens (including phenoxy) is 3. The van der Waals surface area contributed by atoms with Crippen LogP contribution in [0.5, 0.6) is 0 Å². The van der Waals surface area contributed by atoms with Crippen LogP contribution in [0.1, 0.15) is 63.4 Å². The molecule has 0 spiro atoms. The van der Waals surface area contributed by atoms with E-state index in [0.717, 1.165) is 44.2 Å². The summed E-state index contributed by atoms with van der Waals surface area (Å²) in [5.41, 5.74) is -0.0619. The van der Waals surface area contributed by atoms with E-state index in [1.165, 1.54) is 0 Å². The van der Waals surface area contributed by atoms with E-state index in [9.17, 15) is 23.2 Å². The summed E-state index contributed by atoms with van der Waals surface area (Å²) in [4.78, 5) is 43.5. The third-order valence-electron chi connectivity index (χ3n) is 8.17. The van der Waals surface area contributed by atoms with Crippen molar-refractivity contribution >= 4 is 28.8 Å². The summed E-state index contributed by atoms with van der Waals surface area (Å²) in [5.74, 6) is -2.51. The number of amides is 3. The van der Waals surface area contributed by atoms with Gasteiger partial charge in [0.1, 0.15) is 17.3 Å². The topological polar surface area (TPSA) is 123 Å². The first kappa shape index (κ1) is 34.6. The van der Waals surface area contributed by atoms with Crippen LogP contribution in [0.2, 0.25) is 0 Å². The number of benzene rings is 1. The summed E-state index contributed by atoms with van der Waals surface area (Å²) in [6, 6.07) is 2.99. The standard InChI is InChI=1S/C32H46F2N4O7/c1-32(2,3)45-31(42)35-28(22-7-5-4-6-8-22)30(41)37-11-9-36(10-12-37)29(40)27-20-23-19-24(33)25(34)21-26(23)38(27)13-15-43-17-18-44-16-14-39/h19-22,28,39H,4-18H2,1-3H3,(H,35,42). The van der Waals surface area contributed by atoms with Crippen LogP contribution in [0.4, 0.5) is 13.6 Å². The molecule has 2 aliphatic rings. The average Bonchev–Trinajstić information content (AvgIpc) is 3.35. The van der Waals surface area contributed by atoms with E-state index in [-0.39, 0.29) is 89.2 Å². The van der Waals surface area contributed by atoms with Crippen molar-refractivity contribution in [2.24, 2.45) is 5.92 Å². The predicted octanol–water partition coefficient (Wildman–Crippen LogP) is 3.70. The van der Waals surface area contributed by atoms with Gasteiger partial charge >= 0.3 is 6.09 Å². The molecule has 1 aliphatic carbocycles. The zero-order valence-electron chi connectivity index (χ0n) is 26.5. The first-order chi connectivity index (χ1) is 21.5. The molecule has 2 aromatic rings. The molecule has 3 amide bonds. The maximum Gasteiger partial charge on any atom is 0.408 e. The Morgan fingerprint density at radius 3 is 2.18 bits per heavy atom. The number of carbonyl (C=O) groups is 3. The van der Waals surface area contributed by atoms with Gasteiger partial charge in [-0.3, -0.25) is 9.59 Å². The van der Waals surface area contributed by atoms with E-state index in [1.54, 1.807) is 41.2 Å². The lowest BCUT2D eigenvalue weighted by Crippen LogP contribution is -2.58. The van der Waals surface area contributed by atoms with E-state index in [1.807, 2.05) is 0 Å². The second-order valence-corrected chi connectivity index (χ2v) is 12.6. The molecule has 2 N–H and O–H groups in total. The SMILES string of the molecule is CC(C)(C)OC(=O)NC(C(=O)N1CCN(C(=O)c2cc3cc(F)c(F)cc3n2CCOCCOCCO)CC1)C1CCCCC1. The Morgan fingerprint density at radius 1 is 0.911 bits per heavy atom. The Bertz CT molecular complexity index is 1310. The number of aliphatic hydroxyl groups is 1. The Labute approximate surface area is 262 Å². The highest BCUT2D eigenvalue weighted by molar-refractivity contribution is 5.99. The number of halogens is 2. The maximum atomic E-state index is 14.2. The molecule has 1 atom stereocenters. The molecule has 0 bridgehead atoms. The van der Waals surface area contributed by atoms with Gasteiger partial charge in [-0.1, -0.05) is 19.3 Å². The average molecular weight is 637 g/mol. The van der Waals surface area contributed by atoms with Crippen LogP contribution in [0, 0.1) is 17.6 Å². The molecule has 1 saturated carbocycles. The molecular weight excluding hydrogens is 590 g/mol. The lowest BCUT2D eigenvalue weighted by atomic mass is 9.83. The molecular formula is C32H46F2N4O7. The monoisotopic (exact) mass is 636 g/mol. The van der Waals surface area contributed by atoms with Gasteiger partial charge in [-0.25, -0.2) is 13.6 Å². The number of alkyl carbamates (subject to hydrolysis) is 1. The fraction of sp³-hybridized carbons (Fsp3) is 0.656. The van der Waals surface area contributed by atoms with Crippen molar-refractivity contribution < 1.29 is 42.5 Å². The van der Waals surface area contributed by atoms with Crippen molar-refractivity contribution in [2.75, 3.05) is 59.2 Å². The second kappa shape index (κ2) is 15.8. The van der Waals surface area contributed by atoms with Crippen LogP contribution in [-0.2, 0) is 25.5 Å². The third kappa shape index (κ3) is 9.36. The summed E-state index contributed by atoms with van der Waals surface area (Å²) in [6.45, 7) is 7.49. The summed E-state index contributed by atoms with van der Waals surface area (Å²) >= 11 is 0. The summed E-state index contributed by atoms with van der Waals surface area (Å²) in [7, 11) is 0. The van der Waals surface area contributed by atoms with Crippen molar-refractivity contribution in [1.29, 1.82) is 0 Å². The fourth-order valence-corrected chi connectivity index (χ4v) is 5.99. The fourth-order valence-electron chi connectivity index (χ4n) is 5.99. The highest BCUT2D eigenvalue weighted by atomic mass is 19.2. The van der Waals surface area contributed by atoms with Crippen molar-refractivity contribution in [2.45, 2.75) is 71.1 Å². The van der Waals surface area contributed by atoms with Crippen LogP contribution in [0.25, 0.3) is 10.9 Å². The molecule has 2 fully saturated rings. The van der Waals surface area contributed by atoms with Crippen LogP contribution in [0.3, 0.4) is 0 Å². The molecule has 0 radical (unpaired) electrons. The van der Waals surface area contributed by atoms with Gasteiger partial charge < -0.3 is 39.0 Å². The number of aliphatic hydroxyl groups excluding tert-OH is 1. The Balaban J connectivity index is 1.43. The first-order valence-electron chi connectivity index (χ1n) is 15.8. The Hall–Kier alpha value is -3.29. The molecule has 1 aromatic carbocycles. The molecule has 1 unspecified atom stereocenters. The number of aromatic nitrogens is 1. The molecule has 2 heterocycles. The molecule has 45 heavy (non-hydrogen) atoms. The molecule has 1 saturated heterocycles. The Kier molecular flexibility index (Phi) is 12.2. The van der Waals surface area contributed by atoms with Gasteiger partial charge in [0, 0.05) is 44.2 Å². The number of nitrogens with zero attached hydrogens (tertiary/aromatic N) is 3. The quantitative estimate of drug-likeness (QED) is 0.341. The van der Waals surface area contributed by atoms with Gasteiger partial charge in [-0.2, -0.15) is 0 Å². The minimum atomic E-state index is -1.01. The molecule has 13 heteroatoms. The van der Waals surface area contributed by atoms with Crippen LogP contribution in [-0.4, -0.2) is 108 Å². The van der Waals surface area contributed by atoms with E-state index >= 15 is 0 Å². The zero-order chi connectivity index (χ0) is 32.6. The lowest BCUT2D eigenvalue weighted by molar-refractivity contribution is -0.136. The largest absolute Gasteiger partial charge is 0.444 e. The Morgan fingerprint density at radius 2 is 1.53 bits per heavy atom. The number of rotatable bonds is 12. The molecule has 1 aliphatic heterocycles. The molecule has 250 valence electrons. The maximum absolute atomic E-state index is 14.2. The summed E-state index contributed by atoms with van der Waals surface area (Å²) in [6.07, 6.45) is 4.16. The van der Waals surface area contributed by atoms with Crippen LogP contribution >= 0.6 is 0 Å². The highest BCUT2D eigenvalue weighted by Crippen LogP contribution is 2.29. The van der Waals surface area contributed by atoms with Gasteiger partial charge in [0.05, 0.1) is 38.6 Å². The minimum Gasteiger partial charge on any atom is -0.444 e. The molecule has 1 aromatic heterocycles. The third-order valence-corrected chi connectivity index (χ3v) is 8.17. The second-order valence-electron chi connectivity index (χ2n) is 12.6. The van der Waals surface area contributed by atoms with Crippen molar-refractivity contribution in [3.8, 4) is 0 Å². The van der Waals surface area contributed by atoms with Gasteiger partial charge in [0.25, 0.3) is 5.91 Å². The van der Waals surface area contributed by atoms with Gasteiger partial charge in [0.2, 0.25) is 5.91 Å². The first-order valence-corrected chi connectivity index (χ1v) is 15.8. The molecule has 11 nitrogen and oxygen atoms in total. The summed E-state index contributed by atoms with van der Waals surface area (Å²) < 4.78 is 46.1. The number of hydrogen-bond acceptors (Lipinski definition) is 7. The number of carbonyl (C=O) groups excluding carboxylic acids is 3. The highest BCUT2D eigenvalue weighted by Gasteiger charge is 2.37. The van der Waals surface area contributed by atoms with E-state index in [0.29, 0.717) is 10.9 Å². The summed E-state index contributed by atoms with van der Waals surface area (Å²) in [5, 5.41) is 12.0. The normalized spacial score (nSPS) is 17.0. The van der Waals surface area contributed by atoms with Crippen LogP contribution < -0.4 is 5.32 Å². The van der Waals surface area contributed by atoms with Gasteiger partial charge in [0.15, 0.2) is 11.6 Å². The van der Waals surface area contributed by atoms with Gasteiger partial charge in [-0.15, -0.1) is 0 Å². The van der Waals surface area contributed by atoms with E-state index in [2.05, 4.69) is 5.32 Å². The van der Waals surface area contributed by atoms with E-state index < -0.39 is 29.4 Å². The van der Waals surface area contributed by atoms with E-state index in [4.69, 9.17) is 19.3 Å². The lowest BCUT2D eigenvalue weighted by Gasteiger charge is -2.39. The number of piperazine rings is 1.